The summed E-state index contributed by atoms with van der Waals surface area (Å²) in [5.41, 5.74) is 0. The van der Waals surface area contributed by atoms with Crippen LogP contribution in [0, 0.1) is 0 Å². The summed E-state index contributed by atoms with van der Waals surface area (Å²) in [4.78, 5) is 19.0. The van der Waals surface area contributed by atoms with Crippen LogP contribution in [0.15, 0.2) is 30.6 Å². The van der Waals surface area contributed by atoms with Gasteiger partial charge in [-0.3, -0.25) is 4.79 Å². The highest BCUT2D eigenvalue weighted by Gasteiger charge is 2.05. The molecule has 0 aromatic carbocycles. The summed E-state index contributed by atoms with van der Waals surface area (Å²) in [5, 5.41) is 2.72. The lowest BCUT2D eigenvalue weighted by molar-refractivity contribution is 0.0944. The molecule has 1 aromatic rings. The van der Waals surface area contributed by atoms with Gasteiger partial charge in [0.1, 0.15) is 0 Å². The van der Waals surface area contributed by atoms with Crippen LogP contribution in [0.1, 0.15) is 24.0 Å². The van der Waals surface area contributed by atoms with Gasteiger partial charge < -0.3 is 5.32 Å². The highest BCUT2D eigenvalue weighted by Crippen LogP contribution is 1.87. The molecule has 1 N–H and O–H groups in total. The second-order valence-electron chi connectivity index (χ2n) is 2.69. The van der Waals surface area contributed by atoms with Crippen molar-refractivity contribution in [3.8, 4) is 0 Å². The van der Waals surface area contributed by atoms with Crippen molar-refractivity contribution in [2.75, 3.05) is 6.54 Å². The van der Waals surface area contributed by atoms with E-state index in [2.05, 4.69) is 15.3 Å². The predicted molar refractivity (Wildman–Crippen MR) is 53.8 cm³/mol. The number of rotatable bonds is 4. The summed E-state index contributed by atoms with van der Waals surface area (Å²) in [6, 6.07) is 1.68. The summed E-state index contributed by atoms with van der Waals surface area (Å²) in [5.74, 6) is -0.0110. The van der Waals surface area contributed by atoms with E-state index in [1.807, 2.05) is 19.1 Å². The largest absolute Gasteiger partial charge is 0.349 e. The quantitative estimate of drug-likeness (QED) is 0.574. The van der Waals surface area contributed by atoms with Crippen LogP contribution in [0.2, 0.25) is 0 Å². The maximum atomic E-state index is 11.3. The third-order valence-corrected chi connectivity index (χ3v) is 1.60. The van der Waals surface area contributed by atoms with Crippen molar-refractivity contribution in [3.05, 3.63) is 36.4 Å². The third kappa shape index (κ3) is 3.35. The monoisotopic (exact) mass is 191 g/mol. The number of hydrogen-bond acceptors (Lipinski definition) is 3. The van der Waals surface area contributed by atoms with Crippen LogP contribution in [0.3, 0.4) is 0 Å². The van der Waals surface area contributed by atoms with E-state index >= 15 is 0 Å². The van der Waals surface area contributed by atoms with E-state index in [1.165, 1.54) is 0 Å². The van der Waals surface area contributed by atoms with Gasteiger partial charge in [0.2, 0.25) is 5.82 Å². The van der Waals surface area contributed by atoms with Gasteiger partial charge in [-0.1, -0.05) is 12.2 Å². The molecular weight excluding hydrogens is 178 g/mol. The summed E-state index contributed by atoms with van der Waals surface area (Å²) in [7, 11) is 0. The third-order valence-electron chi connectivity index (χ3n) is 1.60. The smallest absolute Gasteiger partial charge is 0.289 e. The molecule has 1 heterocycles. The molecular formula is C10H13N3O. The minimum atomic E-state index is -0.227. The van der Waals surface area contributed by atoms with Gasteiger partial charge in [0.25, 0.3) is 5.91 Å². The molecule has 0 saturated carbocycles. The van der Waals surface area contributed by atoms with Crippen LogP contribution >= 0.6 is 0 Å². The molecule has 0 aliphatic rings. The first-order valence-corrected chi connectivity index (χ1v) is 4.51. The number of nitrogens with zero attached hydrogens (tertiary/aromatic N) is 2. The van der Waals surface area contributed by atoms with E-state index in [0.717, 1.165) is 6.42 Å². The lowest BCUT2D eigenvalue weighted by Gasteiger charge is -2.00. The summed E-state index contributed by atoms with van der Waals surface area (Å²) in [6.45, 7) is 2.56. The van der Waals surface area contributed by atoms with Crippen molar-refractivity contribution in [1.29, 1.82) is 0 Å². The Labute approximate surface area is 83.1 Å². The molecule has 0 radical (unpaired) electrons. The van der Waals surface area contributed by atoms with Gasteiger partial charge in [-0.2, -0.15) is 0 Å². The molecule has 14 heavy (non-hydrogen) atoms. The molecule has 74 valence electrons. The van der Waals surface area contributed by atoms with Gasteiger partial charge >= 0.3 is 0 Å². The Morgan fingerprint density at radius 3 is 2.86 bits per heavy atom. The molecule has 0 aliphatic heterocycles. The minimum Gasteiger partial charge on any atom is -0.349 e. The van der Waals surface area contributed by atoms with Crippen molar-refractivity contribution in [2.24, 2.45) is 0 Å². The van der Waals surface area contributed by atoms with Crippen LogP contribution < -0.4 is 5.32 Å². The lowest BCUT2D eigenvalue weighted by atomic mass is 10.4. The van der Waals surface area contributed by atoms with Crippen molar-refractivity contribution in [3.63, 3.8) is 0 Å². The van der Waals surface area contributed by atoms with Crippen molar-refractivity contribution in [2.45, 2.75) is 13.3 Å². The van der Waals surface area contributed by atoms with Crippen molar-refractivity contribution < 1.29 is 4.79 Å². The Morgan fingerprint density at radius 2 is 2.21 bits per heavy atom. The highest BCUT2D eigenvalue weighted by molar-refractivity contribution is 5.90. The summed E-state index contributed by atoms with van der Waals surface area (Å²) < 4.78 is 0. The molecule has 0 spiro atoms. The average molecular weight is 191 g/mol. The van der Waals surface area contributed by atoms with Crippen LogP contribution in [0.25, 0.3) is 0 Å². The number of carbonyl (C=O) groups is 1. The lowest BCUT2D eigenvalue weighted by Crippen LogP contribution is -2.25. The van der Waals surface area contributed by atoms with Crippen LogP contribution in [0.5, 0.6) is 0 Å². The van der Waals surface area contributed by atoms with Crippen LogP contribution in [-0.4, -0.2) is 22.4 Å². The van der Waals surface area contributed by atoms with E-state index in [-0.39, 0.29) is 11.7 Å². The molecule has 1 amide bonds. The molecule has 1 rings (SSSR count). The maximum absolute atomic E-state index is 11.3. The van der Waals surface area contributed by atoms with Crippen molar-refractivity contribution >= 4 is 5.91 Å². The summed E-state index contributed by atoms with van der Waals surface area (Å²) >= 11 is 0. The SMILES string of the molecule is C/C=C/CCNC(=O)c1ncccn1. The predicted octanol–water partition coefficient (Wildman–Crippen LogP) is 1.17. The highest BCUT2D eigenvalue weighted by atomic mass is 16.2. The number of carbonyl (C=O) groups excluding carboxylic acids is 1. The molecule has 0 bridgehead atoms. The number of aromatic nitrogens is 2. The van der Waals surface area contributed by atoms with Gasteiger partial charge in [-0.25, -0.2) is 9.97 Å². The Balaban J connectivity index is 2.36. The molecule has 4 nitrogen and oxygen atoms in total. The van der Waals surface area contributed by atoms with E-state index in [1.54, 1.807) is 18.5 Å². The van der Waals surface area contributed by atoms with E-state index < -0.39 is 0 Å². The number of hydrogen-bond donors (Lipinski definition) is 1. The molecule has 4 heteroatoms. The van der Waals surface area contributed by atoms with E-state index in [0.29, 0.717) is 6.54 Å². The average Bonchev–Trinajstić information content (AvgIpc) is 2.25. The molecule has 0 saturated heterocycles. The van der Waals surface area contributed by atoms with Crippen LogP contribution in [0.4, 0.5) is 0 Å². The number of allylic oxidation sites excluding steroid dienone is 1. The van der Waals surface area contributed by atoms with Gasteiger partial charge in [0.05, 0.1) is 0 Å². The second kappa shape index (κ2) is 5.85. The second-order valence-corrected chi connectivity index (χ2v) is 2.69. The Hall–Kier alpha value is -1.71. The molecule has 0 aliphatic carbocycles. The van der Waals surface area contributed by atoms with E-state index in [9.17, 15) is 4.79 Å². The first-order chi connectivity index (χ1) is 6.84. The first-order valence-electron chi connectivity index (χ1n) is 4.51. The van der Waals surface area contributed by atoms with Crippen LogP contribution in [-0.2, 0) is 0 Å². The molecule has 0 atom stereocenters. The van der Waals surface area contributed by atoms with Gasteiger partial charge in [-0.15, -0.1) is 0 Å². The van der Waals surface area contributed by atoms with Gasteiger partial charge in [0.15, 0.2) is 0 Å². The van der Waals surface area contributed by atoms with Crippen molar-refractivity contribution in [1.82, 2.24) is 15.3 Å². The Morgan fingerprint density at radius 1 is 1.50 bits per heavy atom. The standard InChI is InChI=1S/C10H13N3O/c1-2-3-4-6-13-10(14)9-11-7-5-8-12-9/h2-3,5,7-8H,4,6H2,1H3,(H,13,14)/b3-2+. The fraction of sp³-hybridized carbons (Fsp3) is 0.300. The zero-order valence-electron chi connectivity index (χ0n) is 8.10. The number of amides is 1. The van der Waals surface area contributed by atoms with Gasteiger partial charge in [-0.05, 0) is 19.4 Å². The Kier molecular flexibility index (Phi) is 4.34. The zero-order chi connectivity index (χ0) is 10.2. The normalized spacial score (nSPS) is 10.4. The first kappa shape index (κ1) is 10.4. The fourth-order valence-corrected chi connectivity index (χ4v) is 0.931. The molecule has 0 unspecified atom stereocenters. The van der Waals surface area contributed by atoms with E-state index in [4.69, 9.17) is 0 Å². The maximum Gasteiger partial charge on any atom is 0.289 e. The summed E-state index contributed by atoms with van der Waals surface area (Å²) in [6.07, 6.45) is 7.87. The topological polar surface area (TPSA) is 54.9 Å². The molecule has 1 aromatic heterocycles. The number of nitrogens with one attached hydrogen (secondary N) is 1. The molecule has 0 fully saturated rings. The minimum absolute atomic E-state index is 0.216. The van der Waals surface area contributed by atoms with Gasteiger partial charge in [0, 0.05) is 18.9 Å². The Bertz CT molecular complexity index is 308. The fourth-order valence-electron chi connectivity index (χ4n) is 0.931. The zero-order valence-corrected chi connectivity index (χ0v) is 8.10.